The molecular weight excluding hydrogens is 176 g/mol. The fourth-order valence-electron chi connectivity index (χ4n) is 0.662. The van der Waals surface area contributed by atoms with Crippen LogP contribution >= 0.6 is 0 Å². The van der Waals surface area contributed by atoms with Crippen LogP contribution in [-0.2, 0) is 9.84 Å². The second-order valence-corrected chi connectivity index (χ2v) is 4.12. The van der Waals surface area contributed by atoms with Crippen LogP contribution in [0.25, 0.3) is 0 Å². The third-order valence-electron chi connectivity index (χ3n) is 1.28. The molecule has 4 nitrogen and oxygen atoms in total. The van der Waals surface area contributed by atoms with Gasteiger partial charge in [0.15, 0.2) is 5.03 Å². The van der Waals surface area contributed by atoms with Crippen LogP contribution in [0.1, 0.15) is 5.56 Å². The number of rotatable bonds is 2. The molecule has 0 aliphatic rings. The average Bonchev–Trinajstić information content (AvgIpc) is 2.05. The van der Waals surface area contributed by atoms with Gasteiger partial charge < -0.3 is 0 Å². The minimum atomic E-state index is -3.43. The Bertz CT molecular complexity index is 398. The predicted molar refractivity (Wildman–Crippen MR) is 44.2 cm³/mol. The largest absolute Gasteiger partial charge is 0.218 e. The van der Waals surface area contributed by atoms with E-state index in [1.54, 1.807) is 6.92 Å². The normalized spacial score (nSPS) is 11.1. The third kappa shape index (κ3) is 1.68. The summed E-state index contributed by atoms with van der Waals surface area (Å²) in [6.07, 6.45) is 1.49. The van der Waals surface area contributed by atoms with Crippen molar-refractivity contribution in [2.24, 2.45) is 0 Å². The lowest BCUT2D eigenvalue weighted by Crippen LogP contribution is -2.00. The Morgan fingerprint density at radius 3 is 2.75 bits per heavy atom. The first-order valence-corrected chi connectivity index (χ1v) is 4.78. The molecule has 0 saturated heterocycles. The Morgan fingerprint density at radius 2 is 2.25 bits per heavy atom. The van der Waals surface area contributed by atoms with Crippen molar-refractivity contribution in [1.82, 2.24) is 10.2 Å². The van der Waals surface area contributed by atoms with Gasteiger partial charge >= 0.3 is 0 Å². The molecule has 1 rings (SSSR count). The summed E-state index contributed by atoms with van der Waals surface area (Å²) in [5.74, 6) is 0. The van der Waals surface area contributed by atoms with Gasteiger partial charge in [0.1, 0.15) is 0 Å². The summed E-state index contributed by atoms with van der Waals surface area (Å²) in [5.41, 5.74) is 0.755. The molecule has 0 bridgehead atoms. The molecule has 64 valence electrons. The van der Waals surface area contributed by atoms with Gasteiger partial charge in [-0.3, -0.25) is 0 Å². The highest BCUT2D eigenvalue weighted by molar-refractivity contribution is 7.94. The molecule has 5 heteroatoms. The Balaban J connectivity index is 3.30. The monoisotopic (exact) mass is 184 g/mol. The number of hydrogen-bond donors (Lipinski definition) is 0. The SMILES string of the molecule is C=CS(=O)(=O)c1cc(C)cnn1. The number of sulfone groups is 1. The van der Waals surface area contributed by atoms with Crippen molar-refractivity contribution < 1.29 is 8.42 Å². The van der Waals surface area contributed by atoms with Crippen LogP contribution in [0.15, 0.2) is 29.3 Å². The summed E-state index contributed by atoms with van der Waals surface area (Å²) >= 11 is 0. The van der Waals surface area contributed by atoms with Crippen LogP contribution in [0.3, 0.4) is 0 Å². The molecule has 0 fully saturated rings. The van der Waals surface area contributed by atoms with E-state index in [1.165, 1.54) is 12.3 Å². The minimum absolute atomic E-state index is 0.0579. The second-order valence-electron chi connectivity index (χ2n) is 2.28. The van der Waals surface area contributed by atoms with E-state index in [0.717, 1.165) is 11.0 Å². The van der Waals surface area contributed by atoms with Gasteiger partial charge in [-0.2, -0.15) is 5.10 Å². The summed E-state index contributed by atoms with van der Waals surface area (Å²) in [4.78, 5) is 0. The Kier molecular flexibility index (Phi) is 2.23. The summed E-state index contributed by atoms with van der Waals surface area (Å²) in [5, 5.41) is 7.79. The molecule has 0 spiro atoms. The van der Waals surface area contributed by atoms with Crippen molar-refractivity contribution in [3.63, 3.8) is 0 Å². The number of aryl methyl sites for hydroxylation is 1. The molecule has 0 aromatic carbocycles. The summed E-state index contributed by atoms with van der Waals surface area (Å²) in [7, 11) is -3.43. The number of hydrogen-bond acceptors (Lipinski definition) is 4. The maximum absolute atomic E-state index is 11.1. The Labute approximate surface area is 70.9 Å². The third-order valence-corrected chi connectivity index (χ3v) is 2.50. The maximum Gasteiger partial charge on any atom is 0.218 e. The molecule has 0 radical (unpaired) electrons. The molecule has 0 saturated carbocycles. The van der Waals surface area contributed by atoms with Crippen LogP contribution in [0.2, 0.25) is 0 Å². The fraction of sp³-hybridized carbons (Fsp3) is 0.143. The van der Waals surface area contributed by atoms with Gasteiger partial charge in [0, 0.05) is 5.41 Å². The van der Waals surface area contributed by atoms with E-state index in [2.05, 4.69) is 16.8 Å². The van der Waals surface area contributed by atoms with Gasteiger partial charge in [-0.05, 0) is 18.6 Å². The van der Waals surface area contributed by atoms with Gasteiger partial charge in [0.2, 0.25) is 9.84 Å². The highest BCUT2D eigenvalue weighted by atomic mass is 32.2. The van der Waals surface area contributed by atoms with E-state index in [1.807, 2.05) is 0 Å². The molecule has 0 aliphatic carbocycles. The van der Waals surface area contributed by atoms with E-state index < -0.39 is 9.84 Å². The average molecular weight is 184 g/mol. The molecule has 0 amide bonds. The van der Waals surface area contributed by atoms with Crippen LogP contribution in [0.4, 0.5) is 0 Å². The van der Waals surface area contributed by atoms with Gasteiger partial charge in [0.25, 0.3) is 0 Å². The molecular formula is C7H8N2O2S. The van der Waals surface area contributed by atoms with Crippen molar-refractivity contribution in [2.75, 3.05) is 0 Å². The first-order valence-electron chi connectivity index (χ1n) is 3.23. The molecule has 12 heavy (non-hydrogen) atoms. The summed E-state index contributed by atoms with van der Waals surface area (Å²) in [6, 6.07) is 1.45. The van der Waals surface area contributed by atoms with Crippen molar-refractivity contribution >= 4 is 9.84 Å². The molecule has 0 aliphatic heterocycles. The molecule has 1 aromatic rings. The van der Waals surface area contributed by atoms with Crippen LogP contribution in [0, 0.1) is 6.92 Å². The zero-order valence-electron chi connectivity index (χ0n) is 6.56. The van der Waals surface area contributed by atoms with Crippen LogP contribution in [-0.4, -0.2) is 18.6 Å². The van der Waals surface area contributed by atoms with Crippen LogP contribution < -0.4 is 0 Å². The molecule has 0 atom stereocenters. The standard InChI is InChI=1S/C7H8N2O2S/c1-3-12(10,11)7-4-6(2)5-8-9-7/h3-5H,1H2,2H3. The van der Waals surface area contributed by atoms with E-state index in [4.69, 9.17) is 0 Å². The lowest BCUT2D eigenvalue weighted by molar-refractivity contribution is 0.598. The number of aromatic nitrogens is 2. The lowest BCUT2D eigenvalue weighted by Gasteiger charge is -1.96. The fourth-order valence-corrected chi connectivity index (χ4v) is 1.34. The Hall–Kier alpha value is -1.23. The lowest BCUT2D eigenvalue weighted by atomic mass is 10.4. The molecule has 0 N–H and O–H groups in total. The van der Waals surface area contributed by atoms with Crippen molar-refractivity contribution in [2.45, 2.75) is 11.9 Å². The first kappa shape index (κ1) is 8.86. The highest BCUT2D eigenvalue weighted by Crippen LogP contribution is 2.07. The second kappa shape index (κ2) is 3.02. The zero-order valence-corrected chi connectivity index (χ0v) is 7.37. The quantitative estimate of drug-likeness (QED) is 0.679. The molecule has 1 heterocycles. The molecule has 0 unspecified atom stereocenters. The Morgan fingerprint density at radius 1 is 1.58 bits per heavy atom. The summed E-state index contributed by atoms with van der Waals surface area (Å²) < 4.78 is 22.3. The van der Waals surface area contributed by atoms with Crippen molar-refractivity contribution in [3.8, 4) is 0 Å². The maximum atomic E-state index is 11.1. The topological polar surface area (TPSA) is 59.9 Å². The van der Waals surface area contributed by atoms with Crippen LogP contribution in [0.5, 0.6) is 0 Å². The zero-order chi connectivity index (χ0) is 9.19. The van der Waals surface area contributed by atoms with E-state index in [-0.39, 0.29) is 5.03 Å². The van der Waals surface area contributed by atoms with Crippen molar-refractivity contribution in [3.05, 3.63) is 29.8 Å². The van der Waals surface area contributed by atoms with Crippen molar-refractivity contribution in [1.29, 1.82) is 0 Å². The van der Waals surface area contributed by atoms with E-state index in [0.29, 0.717) is 0 Å². The van der Waals surface area contributed by atoms with Gasteiger partial charge in [-0.25, -0.2) is 8.42 Å². The van der Waals surface area contributed by atoms with Gasteiger partial charge in [-0.15, -0.1) is 5.10 Å². The number of nitrogens with zero attached hydrogens (tertiary/aromatic N) is 2. The predicted octanol–water partition coefficient (Wildman–Crippen LogP) is 0.702. The highest BCUT2D eigenvalue weighted by Gasteiger charge is 2.10. The molecule has 1 aromatic heterocycles. The summed E-state index contributed by atoms with van der Waals surface area (Å²) in [6.45, 7) is 4.93. The first-order chi connectivity index (χ1) is 5.56. The minimum Gasteiger partial charge on any atom is -0.217 e. The van der Waals surface area contributed by atoms with Gasteiger partial charge in [-0.1, -0.05) is 6.58 Å². The van der Waals surface area contributed by atoms with E-state index in [9.17, 15) is 8.42 Å². The smallest absolute Gasteiger partial charge is 0.217 e. The van der Waals surface area contributed by atoms with Gasteiger partial charge in [0.05, 0.1) is 6.20 Å². The van der Waals surface area contributed by atoms with E-state index >= 15 is 0 Å².